The van der Waals surface area contributed by atoms with Gasteiger partial charge in [0, 0.05) is 23.2 Å². The molecule has 2 aromatic rings. The van der Waals surface area contributed by atoms with Crippen molar-refractivity contribution in [3.05, 3.63) is 53.1 Å². The number of rotatable bonds is 5. The Balaban J connectivity index is 1.63. The minimum atomic E-state index is -2.71. The normalized spacial score (nSPS) is 29.1. The molecular weight excluding hydrogens is 532 g/mol. The van der Waals surface area contributed by atoms with Crippen molar-refractivity contribution in [1.82, 2.24) is 4.90 Å². The summed E-state index contributed by atoms with van der Waals surface area (Å²) < 4.78 is 0. The van der Waals surface area contributed by atoms with E-state index in [4.69, 9.17) is 11.5 Å². The zero-order valence-electron chi connectivity index (χ0n) is 22.5. The summed E-state index contributed by atoms with van der Waals surface area (Å²) >= 11 is 0. The number of amides is 2. The van der Waals surface area contributed by atoms with Crippen molar-refractivity contribution in [2.45, 2.75) is 30.6 Å². The zero-order chi connectivity index (χ0) is 30.0. The molecule has 12 heteroatoms. The average Bonchev–Trinajstić information content (AvgIpc) is 2.91. The number of nitrogens with two attached hydrogens (primary N) is 2. The first kappa shape index (κ1) is 28.4. The minimum Gasteiger partial charge on any atom is -0.507 e. The number of aliphatic hydroxyl groups excluding tert-OH is 2. The third-order valence-electron chi connectivity index (χ3n) is 8.64. The summed E-state index contributed by atoms with van der Waals surface area (Å²) in [7, 11) is 3.20. The highest BCUT2D eigenvalue weighted by Crippen LogP contribution is 2.53. The van der Waals surface area contributed by atoms with Crippen LogP contribution in [-0.4, -0.2) is 87.1 Å². The summed E-state index contributed by atoms with van der Waals surface area (Å²) in [5.74, 6) is -8.23. The third kappa shape index (κ3) is 4.22. The van der Waals surface area contributed by atoms with Gasteiger partial charge in [-0.25, -0.2) is 0 Å². The molecule has 0 saturated heterocycles. The van der Waals surface area contributed by atoms with Crippen LogP contribution in [0, 0.1) is 17.8 Å². The number of nitrogens with zero attached hydrogens (tertiary/aromatic N) is 1. The number of phenols is 1. The highest BCUT2D eigenvalue weighted by molar-refractivity contribution is 6.25. The molecule has 12 nitrogen and oxygen atoms in total. The number of likely N-dealkylation sites (N-methyl/N-ethyl adjacent to an activating group) is 1. The Labute approximate surface area is 235 Å². The van der Waals surface area contributed by atoms with Crippen LogP contribution in [-0.2, 0) is 25.6 Å². The van der Waals surface area contributed by atoms with Crippen molar-refractivity contribution in [2.75, 3.05) is 26.0 Å². The van der Waals surface area contributed by atoms with Gasteiger partial charge in [-0.2, -0.15) is 0 Å². The highest BCUT2D eigenvalue weighted by Gasteiger charge is 2.67. The van der Waals surface area contributed by atoms with Crippen LogP contribution in [0.3, 0.4) is 0 Å². The van der Waals surface area contributed by atoms with Crippen LogP contribution in [0.4, 0.5) is 5.69 Å². The Kier molecular flexibility index (Phi) is 6.98. The second kappa shape index (κ2) is 10.1. The fraction of sp³-hybridized carbons (Fsp3) is 0.379. The molecule has 3 unspecified atom stereocenters. The SMILES string of the molecule is CN(C)C1C(O)C(C(N)=O)C(=O)[C@]2(O)C(=O)C3=C(O)c4c(O)ccc(-c5ccc(NC(=O)CN)cc5)c4C[C@@H]3C[C@H]12. The van der Waals surface area contributed by atoms with Gasteiger partial charge in [0.1, 0.15) is 17.4 Å². The first-order valence-electron chi connectivity index (χ1n) is 13.2. The van der Waals surface area contributed by atoms with Crippen molar-refractivity contribution in [3.63, 3.8) is 0 Å². The van der Waals surface area contributed by atoms with Gasteiger partial charge < -0.3 is 42.1 Å². The Morgan fingerprint density at radius 3 is 2.34 bits per heavy atom. The number of carbonyl (C=O) groups is 4. The van der Waals surface area contributed by atoms with Crippen LogP contribution in [0.1, 0.15) is 17.5 Å². The second-order valence-corrected chi connectivity index (χ2v) is 11.1. The minimum absolute atomic E-state index is 0.00330. The van der Waals surface area contributed by atoms with Crippen LogP contribution >= 0.6 is 0 Å². The van der Waals surface area contributed by atoms with Crippen LogP contribution in [0.5, 0.6) is 5.75 Å². The molecular formula is C29H32N4O8. The zero-order valence-corrected chi connectivity index (χ0v) is 22.5. The number of aromatic hydroxyl groups is 1. The number of hydrogen-bond donors (Lipinski definition) is 7. The summed E-state index contributed by atoms with van der Waals surface area (Å²) in [6, 6.07) is 8.95. The molecule has 0 spiro atoms. The number of carbonyl (C=O) groups excluding carboxylic acids is 4. The van der Waals surface area contributed by atoms with Crippen LogP contribution in [0.25, 0.3) is 16.9 Å². The number of hydrogen-bond acceptors (Lipinski definition) is 10. The Bertz CT molecular complexity index is 1500. The van der Waals surface area contributed by atoms with E-state index in [2.05, 4.69) is 5.32 Å². The number of fused-ring (bicyclic) bond motifs is 3. The van der Waals surface area contributed by atoms with Crippen LogP contribution in [0.2, 0.25) is 0 Å². The molecule has 0 heterocycles. The molecule has 216 valence electrons. The number of benzene rings is 2. The maximum Gasteiger partial charge on any atom is 0.238 e. The number of nitrogens with one attached hydrogen (secondary N) is 1. The van der Waals surface area contributed by atoms with Crippen molar-refractivity contribution in [3.8, 4) is 16.9 Å². The van der Waals surface area contributed by atoms with Gasteiger partial charge in [-0.1, -0.05) is 18.2 Å². The molecule has 3 aliphatic rings. The van der Waals surface area contributed by atoms with Gasteiger partial charge in [-0.15, -0.1) is 0 Å². The van der Waals surface area contributed by atoms with E-state index in [1.165, 1.54) is 6.07 Å². The predicted octanol–water partition coefficient (Wildman–Crippen LogP) is -0.307. The molecule has 2 saturated carbocycles. The summed E-state index contributed by atoms with van der Waals surface area (Å²) in [4.78, 5) is 52.7. The molecule has 2 fully saturated rings. The smallest absolute Gasteiger partial charge is 0.238 e. The standard InChI is InChI=1S/C29H32N4O8/c1-33(2)23-17-10-13-9-16-15(12-3-5-14(6-4-12)32-19(35)11-30)7-8-18(34)21(16)24(36)20(13)26(38)29(17,41)27(39)22(25(23)37)28(31)40/h3-8,13,17,22-23,25,34,36-37,41H,9-11,30H2,1-2H3,(H2,31,40)(H,32,35)/t13-,17-,22?,23?,25?,29-/m1/s1. The molecule has 5 rings (SSSR count). The first-order valence-corrected chi connectivity index (χ1v) is 13.2. The van der Waals surface area contributed by atoms with Gasteiger partial charge >= 0.3 is 0 Å². The Hall–Kier alpha value is -4.10. The van der Waals surface area contributed by atoms with E-state index in [-0.39, 0.29) is 42.2 Å². The van der Waals surface area contributed by atoms with Crippen LogP contribution in [0.15, 0.2) is 42.0 Å². The summed E-state index contributed by atoms with van der Waals surface area (Å²) in [6.45, 7) is -0.169. The molecule has 2 aromatic carbocycles. The molecule has 6 atom stereocenters. The average molecular weight is 565 g/mol. The Morgan fingerprint density at radius 2 is 1.76 bits per heavy atom. The first-order chi connectivity index (χ1) is 19.3. The molecule has 0 aliphatic heterocycles. The second-order valence-electron chi connectivity index (χ2n) is 11.1. The molecule has 3 aliphatic carbocycles. The van der Waals surface area contributed by atoms with Gasteiger partial charge in [0.2, 0.25) is 17.6 Å². The molecule has 2 amide bonds. The number of ketones is 2. The fourth-order valence-corrected chi connectivity index (χ4v) is 6.82. The fourth-order valence-electron chi connectivity index (χ4n) is 6.82. The van der Waals surface area contributed by atoms with Gasteiger partial charge in [0.25, 0.3) is 0 Å². The van der Waals surface area contributed by atoms with Crippen LogP contribution < -0.4 is 16.8 Å². The van der Waals surface area contributed by atoms with E-state index in [1.807, 2.05) is 0 Å². The van der Waals surface area contributed by atoms with Crippen molar-refractivity contribution in [1.29, 1.82) is 0 Å². The largest absolute Gasteiger partial charge is 0.507 e. The van der Waals surface area contributed by atoms with Gasteiger partial charge in [-0.05, 0) is 67.7 Å². The predicted molar refractivity (Wildman–Crippen MR) is 147 cm³/mol. The lowest BCUT2D eigenvalue weighted by molar-refractivity contribution is -0.184. The van der Waals surface area contributed by atoms with Crippen molar-refractivity contribution < 1.29 is 39.6 Å². The number of anilines is 1. The number of aliphatic hydroxyl groups is 3. The number of Topliss-reactive ketones (excluding diaryl/α,β-unsaturated/α-hetero) is 2. The van der Waals surface area contributed by atoms with Gasteiger partial charge in [0.05, 0.1) is 18.2 Å². The lowest BCUT2D eigenvalue weighted by Crippen LogP contribution is -2.73. The van der Waals surface area contributed by atoms with Crippen molar-refractivity contribution in [2.24, 2.45) is 29.2 Å². The van der Waals surface area contributed by atoms with E-state index in [0.29, 0.717) is 22.4 Å². The van der Waals surface area contributed by atoms with E-state index in [0.717, 1.165) is 0 Å². The van der Waals surface area contributed by atoms with E-state index < -0.39 is 58.7 Å². The molecule has 0 aromatic heterocycles. The number of primary amides is 1. The number of phenolic OH excluding ortho intramolecular Hbond substituents is 1. The highest BCUT2D eigenvalue weighted by atomic mass is 16.3. The quantitative estimate of drug-likeness (QED) is 0.235. The summed E-state index contributed by atoms with van der Waals surface area (Å²) in [5.41, 5.74) is 10.3. The van der Waals surface area contributed by atoms with E-state index >= 15 is 0 Å². The summed E-state index contributed by atoms with van der Waals surface area (Å²) in [6.07, 6.45) is -1.36. The summed E-state index contributed by atoms with van der Waals surface area (Å²) in [5, 5.41) is 47.5. The molecule has 41 heavy (non-hydrogen) atoms. The maximum atomic E-state index is 13.9. The molecule has 0 bridgehead atoms. The van der Waals surface area contributed by atoms with Crippen molar-refractivity contribution >= 4 is 34.8 Å². The third-order valence-corrected chi connectivity index (χ3v) is 8.64. The molecule has 9 N–H and O–H groups in total. The van der Waals surface area contributed by atoms with Gasteiger partial charge in [0.15, 0.2) is 11.4 Å². The van der Waals surface area contributed by atoms with E-state index in [1.54, 1.807) is 49.3 Å². The molecule has 0 radical (unpaired) electrons. The lowest BCUT2D eigenvalue weighted by atomic mass is 9.54. The van der Waals surface area contributed by atoms with Gasteiger partial charge in [-0.3, -0.25) is 19.2 Å². The topological polar surface area (TPSA) is 217 Å². The monoisotopic (exact) mass is 564 g/mol. The lowest BCUT2D eigenvalue weighted by Gasteiger charge is -2.53. The maximum absolute atomic E-state index is 13.9. The van der Waals surface area contributed by atoms with E-state index in [9.17, 15) is 39.6 Å². The Morgan fingerprint density at radius 1 is 1.10 bits per heavy atom.